The second-order valence-corrected chi connectivity index (χ2v) is 4.02. The molecule has 0 aromatic carbocycles. The first-order valence-corrected chi connectivity index (χ1v) is 5.23. The second-order valence-electron chi connectivity index (χ2n) is 4.02. The normalized spacial score (nSPS) is 16.8. The zero-order valence-corrected chi connectivity index (χ0v) is 8.77. The summed E-state index contributed by atoms with van der Waals surface area (Å²) in [5, 5.41) is 2.66. The molecule has 16 heavy (non-hydrogen) atoms. The quantitative estimate of drug-likeness (QED) is 0.616. The molecule has 0 unspecified atom stereocenters. The van der Waals surface area contributed by atoms with Crippen molar-refractivity contribution in [3.05, 3.63) is 18.2 Å². The van der Waals surface area contributed by atoms with E-state index in [4.69, 9.17) is 5.73 Å². The third kappa shape index (κ3) is 2.59. The molecule has 1 aromatic rings. The van der Waals surface area contributed by atoms with E-state index < -0.39 is 11.9 Å². The van der Waals surface area contributed by atoms with Gasteiger partial charge in [0.2, 0.25) is 11.8 Å². The lowest BCUT2D eigenvalue weighted by molar-refractivity contribution is -0.128. The predicted molar refractivity (Wildman–Crippen MR) is 56.1 cm³/mol. The molecular weight excluding hydrogens is 208 g/mol. The summed E-state index contributed by atoms with van der Waals surface area (Å²) in [4.78, 5) is 29.4. The van der Waals surface area contributed by atoms with Crippen LogP contribution in [-0.2, 0) is 16.0 Å². The van der Waals surface area contributed by atoms with Gasteiger partial charge in [0.05, 0.1) is 6.33 Å². The Kier molecular flexibility index (Phi) is 2.89. The summed E-state index contributed by atoms with van der Waals surface area (Å²) in [5.74, 6) is -0.532. The highest BCUT2D eigenvalue weighted by atomic mass is 16.2. The molecule has 1 aliphatic rings. The fraction of sp³-hybridized carbons (Fsp3) is 0.500. The minimum Gasteiger partial charge on any atom is -0.368 e. The summed E-state index contributed by atoms with van der Waals surface area (Å²) in [7, 11) is 0. The molecule has 0 radical (unpaired) electrons. The standard InChI is InChI=1S/C10H14N4O2/c11-9(15)8(3-7-4-12-5-13-7)14-10(16)6-1-2-6/h4-6,8H,1-3H2,(H2,11,15)(H,12,13)(H,14,16)/t8-/m0/s1. The fourth-order valence-corrected chi connectivity index (χ4v) is 1.47. The minimum absolute atomic E-state index is 0.0728. The van der Waals surface area contributed by atoms with Crippen LogP contribution in [0.5, 0.6) is 0 Å². The van der Waals surface area contributed by atoms with Crippen molar-refractivity contribution < 1.29 is 9.59 Å². The zero-order valence-electron chi connectivity index (χ0n) is 8.77. The number of imidazole rings is 1. The van der Waals surface area contributed by atoms with Crippen molar-refractivity contribution >= 4 is 11.8 Å². The molecule has 86 valence electrons. The molecule has 1 heterocycles. The first-order chi connectivity index (χ1) is 7.66. The van der Waals surface area contributed by atoms with E-state index in [1.165, 1.54) is 6.33 Å². The van der Waals surface area contributed by atoms with Crippen LogP contribution in [0.25, 0.3) is 0 Å². The summed E-state index contributed by atoms with van der Waals surface area (Å²) < 4.78 is 0. The predicted octanol–water partition coefficient (Wildman–Crippen LogP) is -0.668. The van der Waals surface area contributed by atoms with Crippen LogP contribution in [0.1, 0.15) is 18.5 Å². The smallest absolute Gasteiger partial charge is 0.240 e. The summed E-state index contributed by atoms with van der Waals surface area (Å²) in [6.07, 6.45) is 5.30. The van der Waals surface area contributed by atoms with Crippen molar-refractivity contribution in [3.63, 3.8) is 0 Å². The SMILES string of the molecule is NC(=O)[C@H](Cc1cnc[nH]1)NC(=O)C1CC1. The molecule has 2 rings (SSSR count). The van der Waals surface area contributed by atoms with Crippen LogP contribution < -0.4 is 11.1 Å². The van der Waals surface area contributed by atoms with E-state index in [0.29, 0.717) is 6.42 Å². The maximum Gasteiger partial charge on any atom is 0.240 e. The minimum atomic E-state index is -0.659. The van der Waals surface area contributed by atoms with Gasteiger partial charge in [-0.1, -0.05) is 0 Å². The maximum absolute atomic E-state index is 11.5. The van der Waals surface area contributed by atoms with Crippen LogP contribution in [0, 0.1) is 5.92 Å². The Morgan fingerprint density at radius 2 is 2.38 bits per heavy atom. The van der Waals surface area contributed by atoms with Gasteiger partial charge in [-0.15, -0.1) is 0 Å². The number of carbonyl (C=O) groups excluding carboxylic acids is 2. The molecule has 0 aliphatic heterocycles. The second kappa shape index (κ2) is 4.34. The molecule has 4 N–H and O–H groups in total. The van der Waals surface area contributed by atoms with Crippen LogP contribution in [0.4, 0.5) is 0 Å². The summed E-state index contributed by atoms with van der Waals surface area (Å²) >= 11 is 0. The molecule has 6 nitrogen and oxygen atoms in total. The first kappa shape index (κ1) is 10.7. The highest BCUT2D eigenvalue weighted by Gasteiger charge is 2.32. The molecule has 1 atom stereocenters. The number of aromatic amines is 1. The van der Waals surface area contributed by atoms with Crippen LogP contribution in [0.2, 0.25) is 0 Å². The largest absolute Gasteiger partial charge is 0.368 e. The molecule has 1 saturated carbocycles. The fourth-order valence-electron chi connectivity index (χ4n) is 1.47. The molecular formula is C10H14N4O2. The van der Waals surface area contributed by atoms with Crippen LogP contribution in [-0.4, -0.2) is 27.8 Å². The third-order valence-corrected chi connectivity index (χ3v) is 2.59. The summed E-state index contributed by atoms with van der Waals surface area (Å²) in [5.41, 5.74) is 6.01. The van der Waals surface area contributed by atoms with E-state index in [1.54, 1.807) is 6.20 Å². The van der Waals surface area contributed by atoms with Gasteiger partial charge < -0.3 is 16.0 Å². The molecule has 1 aromatic heterocycles. The van der Waals surface area contributed by atoms with Gasteiger partial charge in [0.25, 0.3) is 0 Å². The Balaban J connectivity index is 1.94. The molecule has 1 fully saturated rings. The molecule has 0 bridgehead atoms. The van der Waals surface area contributed by atoms with E-state index >= 15 is 0 Å². The lowest BCUT2D eigenvalue weighted by Gasteiger charge is -2.14. The molecule has 6 heteroatoms. The van der Waals surface area contributed by atoms with Crippen molar-refractivity contribution in [2.75, 3.05) is 0 Å². The van der Waals surface area contributed by atoms with Gasteiger partial charge in [-0.05, 0) is 12.8 Å². The third-order valence-electron chi connectivity index (χ3n) is 2.59. The number of hydrogen-bond donors (Lipinski definition) is 3. The number of nitrogens with one attached hydrogen (secondary N) is 2. The van der Waals surface area contributed by atoms with E-state index in [2.05, 4.69) is 15.3 Å². The van der Waals surface area contributed by atoms with Gasteiger partial charge in [-0.2, -0.15) is 0 Å². The van der Waals surface area contributed by atoms with E-state index in [0.717, 1.165) is 18.5 Å². The van der Waals surface area contributed by atoms with E-state index in [1.807, 2.05) is 0 Å². The Hall–Kier alpha value is -1.85. The Morgan fingerprint density at radius 3 is 2.88 bits per heavy atom. The van der Waals surface area contributed by atoms with E-state index in [9.17, 15) is 9.59 Å². The summed E-state index contributed by atoms with van der Waals surface area (Å²) in [6, 6.07) is -0.659. The zero-order chi connectivity index (χ0) is 11.5. The van der Waals surface area contributed by atoms with Crippen LogP contribution in [0.15, 0.2) is 12.5 Å². The van der Waals surface area contributed by atoms with Gasteiger partial charge in [0, 0.05) is 24.2 Å². The van der Waals surface area contributed by atoms with Gasteiger partial charge >= 0.3 is 0 Å². The van der Waals surface area contributed by atoms with Gasteiger partial charge in [-0.25, -0.2) is 4.98 Å². The van der Waals surface area contributed by atoms with E-state index in [-0.39, 0.29) is 11.8 Å². The average Bonchev–Trinajstić information content (AvgIpc) is 2.97. The van der Waals surface area contributed by atoms with Crippen molar-refractivity contribution in [2.45, 2.75) is 25.3 Å². The number of rotatable bonds is 5. The number of H-pyrrole nitrogens is 1. The van der Waals surface area contributed by atoms with Crippen molar-refractivity contribution in [2.24, 2.45) is 11.7 Å². The highest BCUT2D eigenvalue weighted by Crippen LogP contribution is 2.28. The lowest BCUT2D eigenvalue weighted by Crippen LogP contribution is -2.46. The van der Waals surface area contributed by atoms with Crippen LogP contribution >= 0.6 is 0 Å². The average molecular weight is 222 g/mol. The number of nitrogens with zero attached hydrogens (tertiary/aromatic N) is 1. The molecule has 0 saturated heterocycles. The number of carbonyl (C=O) groups is 2. The van der Waals surface area contributed by atoms with Crippen molar-refractivity contribution in [3.8, 4) is 0 Å². The first-order valence-electron chi connectivity index (χ1n) is 5.23. The number of amides is 2. The summed E-state index contributed by atoms with van der Waals surface area (Å²) in [6.45, 7) is 0. The lowest BCUT2D eigenvalue weighted by atomic mass is 10.1. The van der Waals surface area contributed by atoms with Gasteiger partial charge in [0.15, 0.2) is 0 Å². The number of nitrogens with two attached hydrogens (primary N) is 1. The van der Waals surface area contributed by atoms with Crippen LogP contribution in [0.3, 0.4) is 0 Å². The Bertz CT molecular complexity index is 384. The Morgan fingerprint density at radius 1 is 1.62 bits per heavy atom. The number of aromatic nitrogens is 2. The highest BCUT2D eigenvalue weighted by molar-refractivity contribution is 5.88. The van der Waals surface area contributed by atoms with Crippen molar-refractivity contribution in [1.29, 1.82) is 0 Å². The van der Waals surface area contributed by atoms with Gasteiger partial charge in [0.1, 0.15) is 6.04 Å². The molecule has 0 spiro atoms. The van der Waals surface area contributed by atoms with Gasteiger partial charge in [-0.3, -0.25) is 9.59 Å². The molecule has 1 aliphatic carbocycles. The Labute approximate surface area is 92.6 Å². The monoisotopic (exact) mass is 222 g/mol. The maximum atomic E-state index is 11.5. The number of primary amides is 1. The topological polar surface area (TPSA) is 101 Å². The molecule has 2 amide bonds. The number of hydrogen-bond acceptors (Lipinski definition) is 3. The van der Waals surface area contributed by atoms with Crippen molar-refractivity contribution in [1.82, 2.24) is 15.3 Å².